The van der Waals surface area contributed by atoms with E-state index in [1.165, 1.54) is 5.56 Å². The number of aryl methyl sites for hydroxylation is 2. The van der Waals surface area contributed by atoms with Gasteiger partial charge in [0.25, 0.3) is 5.91 Å². The minimum absolute atomic E-state index is 0.0226. The molecule has 0 N–H and O–H groups in total. The zero-order valence-electron chi connectivity index (χ0n) is 15.9. The van der Waals surface area contributed by atoms with Gasteiger partial charge in [0.2, 0.25) is 0 Å². The van der Waals surface area contributed by atoms with Crippen LogP contribution in [0.1, 0.15) is 39.9 Å². The molecule has 3 heterocycles. The van der Waals surface area contributed by atoms with Gasteiger partial charge in [-0.25, -0.2) is 4.98 Å². The van der Waals surface area contributed by atoms with E-state index >= 15 is 0 Å². The zero-order valence-corrected chi connectivity index (χ0v) is 16.8. The van der Waals surface area contributed by atoms with E-state index in [1.54, 1.807) is 22.2 Å². The number of fused-ring (bicyclic) bond motifs is 1. The average molecular weight is 404 g/mol. The summed E-state index contributed by atoms with van der Waals surface area (Å²) in [6, 6.07) is 18.4. The van der Waals surface area contributed by atoms with Crippen molar-refractivity contribution >= 4 is 27.5 Å². The highest BCUT2D eigenvalue weighted by Gasteiger charge is 2.34. The van der Waals surface area contributed by atoms with Crippen molar-refractivity contribution < 1.29 is 4.79 Å². The van der Waals surface area contributed by atoms with Crippen molar-refractivity contribution in [2.24, 2.45) is 0 Å². The molecule has 146 valence electrons. The van der Waals surface area contributed by atoms with Gasteiger partial charge < -0.3 is 4.90 Å². The molecule has 0 aliphatic carbocycles. The van der Waals surface area contributed by atoms with E-state index < -0.39 is 0 Å². The summed E-state index contributed by atoms with van der Waals surface area (Å²) in [6.07, 6.45) is 4.54. The lowest BCUT2D eigenvalue weighted by molar-refractivity contribution is 0.0729. The van der Waals surface area contributed by atoms with Crippen LogP contribution in [0, 0.1) is 0 Å². The molecule has 6 nitrogen and oxygen atoms in total. The summed E-state index contributed by atoms with van der Waals surface area (Å²) in [6.45, 7) is 1.43. The van der Waals surface area contributed by atoms with E-state index in [0.717, 1.165) is 41.0 Å². The number of likely N-dealkylation sites (tertiary alicyclic amines) is 1. The first-order chi connectivity index (χ1) is 14.3. The van der Waals surface area contributed by atoms with Gasteiger partial charge in [0, 0.05) is 13.1 Å². The number of carbonyl (C=O) groups excluding carboxylic acids is 1. The molecule has 2 aromatic carbocycles. The number of amides is 1. The molecule has 1 fully saturated rings. The second-order valence-corrected chi connectivity index (χ2v) is 8.34. The molecule has 0 unspecified atom stereocenters. The normalized spacial score (nSPS) is 16.6. The van der Waals surface area contributed by atoms with Crippen LogP contribution >= 0.6 is 11.3 Å². The number of nitrogens with zero attached hydrogens (tertiary/aromatic N) is 5. The first-order valence-electron chi connectivity index (χ1n) is 9.88. The summed E-state index contributed by atoms with van der Waals surface area (Å²) >= 11 is 1.68. The topological polar surface area (TPSA) is 63.9 Å². The van der Waals surface area contributed by atoms with Crippen LogP contribution in [-0.2, 0) is 13.0 Å². The molecular weight excluding hydrogens is 382 g/mol. The molecule has 1 saturated heterocycles. The molecule has 2 aromatic heterocycles. The fourth-order valence-electron chi connectivity index (χ4n) is 3.84. The monoisotopic (exact) mass is 403 g/mol. The molecule has 0 spiro atoms. The Labute approximate surface area is 172 Å². The summed E-state index contributed by atoms with van der Waals surface area (Å²) in [5, 5.41) is 9.32. The van der Waals surface area contributed by atoms with Crippen LogP contribution in [0.5, 0.6) is 0 Å². The third kappa shape index (κ3) is 3.65. The van der Waals surface area contributed by atoms with Gasteiger partial charge in [0.1, 0.15) is 5.01 Å². The van der Waals surface area contributed by atoms with Crippen LogP contribution in [0.15, 0.2) is 60.8 Å². The quantitative estimate of drug-likeness (QED) is 0.503. The van der Waals surface area contributed by atoms with Crippen molar-refractivity contribution in [1.29, 1.82) is 0 Å². The number of hydrogen-bond donors (Lipinski definition) is 0. The first kappa shape index (κ1) is 18.0. The molecule has 1 aliphatic rings. The maximum atomic E-state index is 13.1. The smallest absolute Gasteiger partial charge is 0.276 e. The van der Waals surface area contributed by atoms with Gasteiger partial charge in [-0.2, -0.15) is 0 Å². The predicted octanol–water partition coefficient (Wildman–Crippen LogP) is 4.11. The van der Waals surface area contributed by atoms with Crippen molar-refractivity contribution in [3.63, 3.8) is 0 Å². The highest BCUT2D eigenvalue weighted by molar-refractivity contribution is 7.18. The fraction of sp³-hybridized carbons (Fsp3) is 0.273. The van der Waals surface area contributed by atoms with Gasteiger partial charge in [0.15, 0.2) is 5.69 Å². The Morgan fingerprint density at radius 1 is 1.10 bits per heavy atom. The number of rotatable bonds is 5. The highest BCUT2D eigenvalue weighted by Crippen LogP contribution is 2.37. The van der Waals surface area contributed by atoms with E-state index in [1.807, 2.05) is 41.3 Å². The number of para-hydroxylation sites is 1. The predicted molar refractivity (Wildman–Crippen MR) is 113 cm³/mol. The van der Waals surface area contributed by atoms with Gasteiger partial charge in [-0.3, -0.25) is 9.48 Å². The zero-order chi connectivity index (χ0) is 19.6. The molecule has 29 heavy (non-hydrogen) atoms. The van der Waals surface area contributed by atoms with E-state index in [4.69, 9.17) is 4.98 Å². The minimum atomic E-state index is -0.0577. The molecule has 1 amide bonds. The molecule has 0 saturated carbocycles. The van der Waals surface area contributed by atoms with E-state index in [9.17, 15) is 4.79 Å². The lowest BCUT2D eigenvalue weighted by atomic mass is 10.1. The molecule has 0 radical (unpaired) electrons. The van der Waals surface area contributed by atoms with Gasteiger partial charge >= 0.3 is 0 Å². The summed E-state index contributed by atoms with van der Waals surface area (Å²) in [5.74, 6) is -0.0577. The fourth-order valence-corrected chi connectivity index (χ4v) is 4.96. The van der Waals surface area contributed by atoms with Gasteiger partial charge in [-0.05, 0) is 37.0 Å². The number of hydrogen-bond acceptors (Lipinski definition) is 5. The van der Waals surface area contributed by atoms with Gasteiger partial charge in [-0.1, -0.05) is 47.7 Å². The SMILES string of the molecule is O=C(c1cn(CCc2ccccc2)nn1)N1CCC[C@@H]1c1nc2ccccc2s1. The maximum absolute atomic E-state index is 13.1. The van der Waals surface area contributed by atoms with E-state index in [-0.39, 0.29) is 11.9 Å². The van der Waals surface area contributed by atoms with Crippen molar-refractivity contribution in [3.05, 3.63) is 77.1 Å². The van der Waals surface area contributed by atoms with Crippen LogP contribution < -0.4 is 0 Å². The largest absolute Gasteiger partial charge is 0.328 e. The standard InChI is InChI=1S/C22H21N5OS/c28-22(18-15-26(25-24-18)14-12-16-7-2-1-3-8-16)27-13-6-10-19(27)21-23-17-9-4-5-11-20(17)29-21/h1-5,7-9,11,15,19H,6,10,12-14H2/t19-/m1/s1. The summed E-state index contributed by atoms with van der Waals surface area (Å²) < 4.78 is 2.91. The van der Waals surface area contributed by atoms with Gasteiger partial charge in [-0.15, -0.1) is 16.4 Å². The number of aromatic nitrogens is 4. The van der Waals surface area contributed by atoms with Crippen LogP contribution in [0.2, 0.25) is 0 Å². The van der Waals surface area contributed by atoms with Crippen LogP contribution in [0.3, 0.4) is 0 Å². The van der Waals surface area contributed by atoms with Crippen molar-refractivity contribution in [1.82, 2.24) is 24.9 Å². The van der Waals surface area contributed by atoms with Crippen LogP contribution in [0.25, 0.3) is 10.2 Å². The minimum Gasteiger partial charge on any atom is -0.328 e. The van der Waals surface area contributed by atoms with Crippen LogP contribution in [0.4, 0.5) is 0 Å². The third-order valence-electron chi connectivity index (χ3n) is 5.34. The first-order valence-corrected chi connectivity index (χ1v) is 10.7. The third-order valence-corrected chi connectivity index (χ3v) is 6.48. The Morgan fingerprint density at radius 3 is 2.79 bits per heavy atom. The molecule has 1 atom stereocenters. The lowest BCUT2D eigenvalue weighted by Crippen LogP contribution is -2.30. The summed E-state index contributed by atoms with van der Waals surface area (Å²) in [4.78, 5) is 19.8. The number of benzene rings is 2. The molecular formula is C22H21N5OS. The summed E-state index contributed by atoms with van der Waals surface area (Å²) in [5.41, 5.74) is 2.65. The molecule has 5 rings (SSSR count). The molecule has 4 aromatic rings. The second kappa shape index (κ2) is 7.75. The molecule has 1 aliphatic heterocycles. The average Bonchev–Trinajstić information content (AvgIpc) is 3.51. The summed E-state index contributed by atoms with van der Waals surface area (Å²) in [7, 11) is 0. The Kier molecular flexibility index (Phi) is 4.81. The maximum Gasteiger partial charge on any atom is 0.276 e. The van der Waals surface area contributed by atoms with E-state index in [2.05, 4.69) is 28.5 Å². The lowest BCUT2D eigenvalue weighted by Gasteiger charge is -2.21. The number of carbonyl (C=O) groups is 1. The number of thiazole rings is 1. The second-order valence-electron chi connectivity index (χ2n) is 7.28. The van der Waals surface area contributed by atoms with Crippen LogP contribution in [-0.4, -0.2) is 37.3 Å². The Morgan fingerprint density at radius 2 is 1.93 bits per heavy atom. The van der Waals surface area contributed by atoms with Crippen molar-refractivity contribution in [2.45, 2.75) is 31.8 Å². The molecule has 0 bridgehead atoms. The van der Waals surface area contributed by atoms with E-state index in [0.29, 0.717) is 12.2 Å². The van der Waals surface area contributed by atoms with Gasteiger partial charge in [0.05, 0.1) is 22.5 Å². The Balaban J connectivity index is 1.31. The Bertz CT molecular complexity index is 1100. The Hall–Kier alpha value is -3.06. The van der Waals surface area contributed by atoms with Crippen molar-refractivity contribution in [3.8, 4) is 0 Å². The molecule has 7 heteroatoms. The van der Waals surface area contributed by atoms with Crippen molar-refractivity contribution in [2.75, 3.05) is 6.54 Å². The highest BCUT2D eigenvalue weighted by atomic mass is 32.1.